The van der Waals surface area contributed by atoms with Crippen LogP contribution in [0.25, 0.3) is 0 Å². The summed E-state index contributed by atoms with van der Waals surface area (Å²) in [5.41, 5.74) is 0. The van der Waals surface area contributed by atoms with Crippen LogP contribution < -0.4 is 0 Å². The fourth-order valence-electron chi connectivity index (χ4n) is 1.99. The minimum Gasteiger partial charge on any atom is -0.481 e. The maximum atomic E-state index is 11.8. The Balaban J connectivity index is 2.67. The van der Waals surface area contributed by atoms with Gasteiger partial charge in [0.2, 0.25) is 5.91 Å². The summed E-state index contributed by atoms with van der Waals surface area (Å²) in [5.74, 6) is -1.60. The van der Waals surface area contributed by atoms with Gasteiger partial charge in [0.1, 0.15) is 0 Å². The van der Waals surface area contributed by atoms with Crippen LogP contribution >= 0.6 is 0 Å². The summed E-state index contributed by atoms with van der Waals surface area (Å²) in [6.07, 6.45) is 2.22. The largest absolute Gasteiger partial charge is 0.481 e. The number of hydrogen-bond donors (Lipinski definition) is 1. The van der Waals surface area contributed by atoms with Crippen LogP contribution in [-0.4, -0.2) is 35.5 Å². The number of carboxylic acids is 1. The second-order valence-electron chi connectivity index (χ2n) is 3.83. The Morgan fingerprint density at radius 2 is 1.93 bits per heavy atom. The molecule has 80 valence electrons. The third-order valence-electron chi connectivity index (χ3n) is 3.00. The number of rotatable bonds is 3. The second kappa shape index (κ2) is 4.44. The van der Waals surface area contributed by atoms with Gasteiger partial charge in [0.05, 0.1) is 11.8 Å². The van der Waals surface area contributed by atoms with Crippen LogP contribution in [0.3, 0.4) is 0 Å². The molecule has 0 heterocycles. The average Bonchev–Trinajstić information content (AvgIpc) is 2.63. The Hall–Kier alpha value is -1.06. The van der Waals surface area contributed by atoms with E-state index in [-0.39, 0.29) is 11.8 Å². The van der Waals surface area contributed by atoms with E-state index in [2.05, 4.69) is 0 Å². The highest BCUT2D eigenvalue weighted by Gasteiger charge is 2.38. The Morgan fingerprint density at radius 1 is 1.36 bits per heavy atom. The minimum absolute atomic E-state index is 0.0163. The summed E-state index contributed by atoms with van der Waals surface area (Å²) in [6.45, 7) is 2.53. The van der Waals surface area contributed by atoms with E-state index in [0.29, 0.717) is 13.0 Å². The molecule has 14 heavy (non-hydrogen) atoms. The first-order valence-corrected chi connectivity index (χ1v) is 5.05. The monoisotopic (exact) mass is 199 g/mol. The number of carboxylic acid groups (broad SMARTS) is 1. The summed E-state index contributed by atoms with van der Waals surface area (Å²) in [4.78, 5) is 24.2. The number of nitrogens with zero attached hydrogens (tertiary/aromatic N) is 1. The zero-order valence-corrected chi connectivity index (χ0v) is 8.69. The highest BCUT2D eigenvalue weighted by Crippen LogP contribution is 2.33. The first-order valence-electron chi connectivity index (χ1n) is 5.05. The molecule has 0 bridgehead atoms. The molecule has 4 nitrogen and oxygen atoms in total. The van der Waals surface area contributed by atoms with E-state index in [9.17, 15) is 9.59 Å². The predicted octanol–water partition coefficient (Wildman–Crippen LogP) is 0.966. The van der Waals surface area contributed by atoms with Crippen molar-refractivity contribution in [2.24, 2.45) is 11.8 Å². The second-order valence-corrected chi connectivity index (χ2v) is 3.83. The van der Waals surface area contributed by atoms with Gasteiger partial charge in [-0.2, -0.15) is 0 Å². The molecule has 0 aromatic heterocycles. The van der Waals surface area contributed by atoms with Crippen LogP contribution in [0.1, 0.15) is 26.2 Å². The van der Waals surface area contributed by atoms with E-state index < -0.39 is 11.9 Å². The van der Waals surface area contributed by atoms with Gasteiger partial charge in [0.25, 0.3) is 0 Å². The molecule has 1 N–H and O–H groups in total. The van der Waals surface area contributed by atoms with E-state index in [1.165, 1.54) is 0 Å². The van der Waals surface area contributed by atoms with Crippen LogP contribution in [0.5, 0.6) is 0 Å². The van der Waals surface area contributed by atoms with Crippen molar-refractivity contribution >= 4 is 11.9 Å². The van der Waals surface area contributed by atoms with E-state index in [1.807, 2.05) is 6.92 Å². The molecule has 0 spiro atoms. The normalized spacial score (nSPS) is 26.1. The van der Waals surface area contributed by atoms with Crippen molar-refractivity contribution in [2.45, 2.75) is 26.2 Å². The molecule has 0 aromatic carbocycles. The molecule has 0 saturated heterocycles. The zero-order valence-electron chi connectivity index (χ0n) is 8.69. The molecule has 1 aliphatic rings. The van der Waals surface area contributed by atoms with Gasteiger partial charge in [-0.3, -0.25) is 9.59 Å². The molecule has 0 aliphatic heterocycles. The lowest BCUT2D eigenvalue weighted by Gasteiger charge is -2.21. The lowest BCUT2D eigenvalue weighted by Crippen LogP contribution is -2.36. The predicted molar refractivity (Wildman–Crippen MR) is 51.8 cm³/mol. The van der Waals surface area contributed by atoms with E-state index in [0.717, 1.165) is 12.8 Å². The molecule has 0 radical (unpaired) electrons. The number of hydrogen-bond acceptors (Lipinski definition) is 2. The molecule has 2 atom stereocenters. The van der Waals surface area contributed by atoms with Crippen molar-refractivity contribution in [2.75, 3.05) is 13.6 Å². The summed E-state index contributed by atoms with van der Waals surface area (Å²) in [5, 5.41) is 8.92. The van der Waals surface area contributed by atoms with Crippen LogP contribution in [0.2, 0.25) is 0 Å². The molecule has 0 aromatic rings. The lowest BCUT2D eigenvalue weighted by molar-refractivity contribution is -0.148. The van der Waals surface area contributed by atoms with Crippen molar-refractivity contribution in [1.82, 2.24) is 4.90 Å². The van der Waals surface area contributed by atoms with Gasteiger partial charge < -0.3 is 10.0 Å². The van der Waals surface area contributed by atoms with Crippen LogP contribution in [0.4, 0.5) is 0 Å². The smallest absolute Gasteiger partial charge is 0.307 e. The van der Waals surface area contributed by atoms with Crippen molar-refractivity contribution in [1.29, 1.82) is 0 Å². The number of carbonyl (C=O) groups excluding carboxylic acids is 1. The first kappa shape index (κ1) is 11.0. The molecule has 0 unspecified atom stereocenters. The third kappa shape index (κ3) is 2.05. The number of amides is 1. The summed E-state index contributed by atoms with van der Waals surface area (Å²) in [7, 11) is 1.72. The molecule has 1 aliphatic carbocycles. The van der Waals surface area contributed by atoms with Gasteiger partial charge >= 0.3 is 5.97 Å². The average molecular weight is 199 g/mol. The van der Waals surface area contributed by atoms with Crippen LogP contribution in [0, 0.1) is 11.8 Å². The quantitative estimate of drug-likeness (QED) is 0.736. The molecular formula is C10H17NO3. The fourth-order valence-corrected chi connectivity index (χ4v) is 1.99. The van der Waals surface area contributed by atoms with E-state index in [1.54, 1.807) is 11.9 Å². The molecule has 1 amide bonds. The van der Waals surface area contributed by atoms with Crippen molar-refractivity contribution in [3.05, 3.63) is 0 Å². The van der Waals surface area contributed by atoms with Gasteiger partial charge in [-0.05, 0) is 19.8 Å². The topological polar surface area (TPSA) is 57.6 Å². The summed E-state index contributed by atoms with van der Waals surface area (Å²) < 4.78 is 0. The molecule has 1 fully saturated rings. The Labute approximate surface area is 83.9 Å². The Morgan fingerprint density at radius 3 is 2.43 bits per heavy atom. The highest BCUT2D eigenvalue weighted by atomic mass is 16.4. The Kier molecular flexibility index (Phi) is 3.49. The summed E-state index contributed by atoms with van der Waals surface area (Å²) in [6, 6.07) is 0. The molecule has 1 rings (SSSR count). The SMILES string of the molecule is CCN(C)C(=O)[C@@H]1CCC[C@@H]1C(=O)O. The van der Waals surface area contributed by atoms with Gasteiger partial charge in [0, 0.05) is 13.6 Å². The molecule has 4 heteroatoms. The van der Waals surface area contributed by atoms with Gasteiger partial charge in [-0.25, -0.2) is 0 Å². The first-order chi connectivity index (χ1) is 6.57. The number of carbonyl (C=O) groups is 2. The minimum atomic E-state index is -0.828. The van der Waals surface area contributed by atoms with Gasteiger partial charge in [0.15, 0.2) is 0 Å². The maximum Gasteiger partial charge on any atom is 0.307 e. The summed E-state index contributed by atoms with van der Waals surface area (Å²) >= 11 is 0. The van der Waals surface area contributed by atoms with E-state index in [4.69, 9.17) is 5.11 Å². The zero-order chi connectivity index (χ0) is 10.7. The van der Waals surface area contributed by atoms with Gasteiger partial charge in [-0.1, -0.05) is 6.42 Å². The van der Waals surface area contributed by atoms with Crippen molar-refractivity contribution < 1.29 is 14.7 Å². The molecular weight excluding hydrogens is 182 g/mol. The standard InChI is InChI=1S/C10H17NO3/c1-3-11(2)9(12)7-5-4-6-8(7)10(13)14/h7-8H,3-6H2,1-2H3,(H,13,14)/t7-,8+/m1/s1. The van der Waals surface area contributed by atoms with Crippen LogP contribution in [-0.2, 0) is 9.59 Å². The third-order valence-corrected chi connectivity index (χ3v) is 3.00. The lowest BCUT2D eigenvalue weighted by atomic mass is 9.95. The fraction of sp³-hybridized carbons (Fsp3) is 0.800. The Bertz CT molecular complexity index is 240. The van der Waals surface area contributed by atoms with Crippen molar-refractivity contribution in [3.8, 4) is 0 Å². The molecule has 1 saturated carbocycles. The maximum absolute atomic E-state index is 11.8. The number of aliphatic carboxylic acids is 1. The van der Waals surface area contributed by atoms with Crippen molar-refractivity contribution in [3.63, 3.8) is 0 Å². The highest BCUT2D eigenvalue weighted by molar-refractivity contribution is 5.85. The van der Waals surface area contributed by atoms with Gasteiger partial charge in [-0.15, -0.1) is 0 Å². The van der Waals surface area contributed by atoms with E-state index >= 15 is 0 Å². The van der Waals surface area contributed by atoms with Crippen LogP contribution in [0.15, 0.2) is 0 Å².